The van der Waals surface area contributed by atoms with Crippen LogP contribution in [0.4, 0.5) is 0 Å². The topological polar surface area (TPSA) is 40.8 Å². The van der Waals surface area contributed by atoms with Crippen molar-refractivity contribution in [3.8, 4) is 6.07 Å². The van der Waals surface area contributed by atoms with Crippen molar-refractivity contribution in [3.63, 3.8) is 0 Å². The summed E-state index contributed by atoms with van der Waals surface area (Å²) in [7, 11) is 0. The SMILES string of the molecule is N#Cc1ccc(Cn2cc(C3CCNCC3)c3ccccc32)cc1. The van der Waals surface area contributed by atoms with Gasteiger partial charge >= 0.3 is 0 Å². The molecule has 0 radical (unpaired) electrons. The zero-order chi connectivity index (χ0) is 16.4. The number of hydrogen-bond acceptors (Lipinski definition) is 2. The molecule has 0 spiro atoms. The Hall–Kier alpha value is -2.57. The summed E-state index contributed by atoms with van der Waals surface area (Å²) in [5.41, 5.74) is 4.73. The lowest BCUT2D eigenvalue weighted by atomic mass is 9.90. The van der Waals surface area contributed by atoms with E-state index in [-0.39, 0.29) is 0 Å². The third-order valence-corrected chi connectivity index (χ3v) is 5.03. The van der Waals surface area contributed by atoms with Crippen molar-refractivity contribution in [2.24, 2.45) is 0 Å². The van der Waals surface area contributed by atoms with Crippen LogP contribution in [0.5, 0.6) is 0 Å². The smallest absolute Gasteiger partial charge is 0.0991 e. The molecule has 1 saturated heterocycles. The van der Waals surface area contributed by atoms with E-state index < -0.39 is 0 Å². The molecule has 0 saturated carbocycles. The second kappa shape index (κ2) is 6.51. The van der Waals surface area contributed by atoms with Crippen LogP contribution in [0, 0.1) is 11.3 Å². The molecule has 120 valence electrons. The quantitative estimate of drug-likeness (QED) is 0.793. The lowest BCUT2D eigenvalue weighted by molar-refractivity contribution is 0.461. The number of piperidine rings is 1. The van der Waals surface area contributed by atoms with Gasteiger partial charge in [0.1, 0.15) is 0 Å². The number of rotatable bonds is 3. The van der Waals surface area contributed by atoms with E-state index in [1.54, 1.807) is 0 Å². The summed E-state index contributed by atoms with van der Waals surface area (Å²) in [4.78, 5) is 0. The van der Waals surface area contributed by atoms with Gasteiger partial charge in [0.05, 0.1) is 11.6 Å². The number of nitrogens with one attached hydrogen (secondary N) is 1. The van der Waals surface area contributed by atoms with Crippen LogP contribution in [0.25, 0.3) is 10.9 Å². The minimum atomic E-state index is 0.651. The molecule has 0 unspecified atom stereocenters. The zero-order valence-electron chi connectivity index (χ0n) is 13.7. The fraction of sp³-hybridized carbons (Fsp3) is 0.286. The lowest BCUT2D eigenvalue weighted by Gasteiger charge is -2.22. The number of aromatic nitrogens is 1. The van der Waals surface area contributed by atoms with Crippen molar-refractivity contribution in [2.75, 3.05) is 13.1 Å². The Labute approximate surface area is 142 Å². The van der Waals surface area contributed by atoms with Gasteiger partial charge in [-0.1, -0.05) is 30.3 Å². The van der Waals surface area contributed by atoms with Crippen LogP contribution >= 0.6 is 0 Å². The van der Waals surface area contributed by atoms with Crippen molar-refractivity contribution >= 4 is 10.9 Å². The Morgan fingerprint density at radius 1 is 1.04 bits per heavy atom. The first kappa shape index (κ1) is 15.0. The van der Waals surface area contributed by atoms with Gasteiger partial charge in [-0.25, -0.2) is 0 Å². The lowest BCUT2D eigenvalue weighted by Crippen LogP contribution is -2.26. The molecule has 0 bridgehead atoms. The number of para-hydroxylation sites is 1. The molecule has 1 N–H and O–H groups in total. The highest BCUT2D eigenvalue weighted by Gasteiger charge is 2.19. The van der Waals surface area contributed by atoms with Crippen LogP contribution in [0.2, 0.25) is 0 Å². The molecule has 3 aromatic rings. The molecule has 0 atom stereocenters. The maximum Gasteiger partial charge on any atom is 0.0991 e. The second-order valence-electron chi connectivity index (χ2n) is 6.56. The fourth-order valence-electron chi connectivity index (χ4n) is 3.75. The molecule has 1 fully saturated rings. The summed E-state index contributed by atoms with van der Waals surface area (Å²) in [6, 6.07) is 18.8. The van der Waals surface area contributed by atoms with Crippen molar-refractivity contribution in [2.45, 2.75) is 25.3 Å². The molecule has 3 heteroatoms. The van der Waals surface area contributed by atoms with Gasteiger partial charge in [0.15, 0.2) is 0 Å². The van der Waals surface area contributed by atoms with Gasteiger partial charge in [-0.3, -0.25) is 0 Å². The van der Waals surface area contributed by atoms with Gasteiger partial charge in [0, 0.05) is 23.6 Å². The van der Waals surface area contributed by atoms with Crippen LogP contribution < -0.4 is 5.32 Å². The third-order valence-electron chi connectivity index (χ3n) is 5.03. The van der Waals surface area contributed by atoms with Gasteiger partial charge in [-0.15, -0.1) is 0 Å². The van der Waals surface area contributed by atoms with E-state index in [1.807, 2.05) is 12.1 Å². The van der Waals surface area contributed by atoms with Crippen molar-refractivity contribution < 1.29 is 0 Å². The van der Waals surface area contributed by atoms with E-state index in [4.69, 9.17) is 5.26 Å². The average molecular weight is 315 g/mol. The maximum atomic E-state index is 8.95. The molecule has 2 heterocycles. The summed E-state index contributed by atoms with van der Waals surface area (Å²) in [5.74, 6) is 0.651. The molecule has 4 rings (SSSR count). The van der Waals surface area contributed by atoms with E-state index in [0.717, 1.165) is 19.6 Å². The Bertz CT molecular complexity index is 878. The standard InChI is InChI=1S/C21H21N3/c22-13-16-5-7-17(8-6-16)14-24-15-20(18-9-11-23-12-10-18)19-3-1-2-4-21(19)24/h1-8,15,18,23H,9-12,14H2. The largest absolute Gasteiger partial charge is 0.343 e. The predicted molar refractivity (Wildman–Crippen MR) is 97.0 cm³/mol. The van der Waals surface area contributed by atoms with Crippen molar-refractivity contribution in [1.29, 1.82) is 5.26 Å². The molecule has 3 nitrogen and oxygen atoms in total. The summed E-state index contributed by atoms with van der Waals surface area (Å²) in [5, 5.41) is 13.8. The molecule has 0 amide bonds. The first-order chi connectivity index (χ1) is 11.8. The van der Waals surface area contributed by atoms with Gasteiger partial charge in [0.2, 0.25) is 0 Å². The minimum Gasteiger partial charge on any atom is -0.343 e. The van der Waals surface area contributed by atoms with Gasteiger partial charge in [-0.2, -0.15) is 5.26 Å². The number of nitrogens with zero attached hydrogens (tertiary/aromatic N) is 2. The van der Waals surface area contributed by atoms with Crippen LogP contribution in [-0.2, 0) is 6.54 Å². The first-order valence-corrected chi connectivity index (χ1v) is 8.62. The van der Waals surface area contributed by atoms with E-state index in [9.17, 15) is 0 Å². The highest BCUT2D eigenvalue weighted by atomic mass is 15.0. The summed E-state index contributed by atoms with van der Waals surface area (Å²) in [6.45, 7) is 3.07. The molecule has 24 heavy (non-hydrogen) atoms. The molecular weight excluding hydrogens is 294 g/mol. The third kappa shape index (κ3) is 2.81. The molecule has 0 aliphatic carbocycles. The Morgan fingerprint density at radius 3 is 2.54 bits per heavy atom. The summed E-state index contributed by atoms with van der Waals surface area (Å²) >= 11 is 0. The monoisotopic (exact) mass is 315 g/mol. The average Bonchev–Trinajstić information content (AvgIpc) is 3.02. The zero-order valence-corrected chi connectivity index (χ0v) is 13.7. The van der Waals surface area contributed by atoms with Crippen LogP contribution in [0.1, 0.15) is 35.4 Å². The number of fused-ring (bicyclic) bond motifs is 1. The Kier molecular flexibility index (Phi) is 4.06. The first-order valence-electron chi connectivity index (χ1n) is 8.62. The number of benzene rings is 2. The summed E-state index contributed by atoms with van der Waals surface area (Å²) in [6.07, 6.45) is 4.77. The normalized spacial score (nSPS) is 15.5. The fourth-order valence-corrected chi connectivity index (χ4v) is 3.75. The van der Waals surface area contributed by atoms with Crippen LogP contribution in [-0.4, -0.2) is 17.7 Å². The molecular formula is C21H21N3. The van der Waals surface area contributed by atoms with Crippen LogP contribution in [0.15, 0.2) is 54.7 Å². The van der Waals surface area contributed by atoms with E-state index in [0.29, 0.717) is 11.5 Å². The Balaban J connectivity index is 1.71. The highest BCUT2D eigenvalue weighted by molar-refractivity contribution is 5.84. The predicted octanol–water partition coefficient (Wildman–Crippen LogP) is 4.03. The van der Waals surface area contributed by atoms with Gasteiger partial charge < -0.3 is 9.88 Å². The summed E-state index contributed by atoms with van der Waals surface area (Å²) < 4.78 is 2.36. The van der Waals surface area contributed by atoms with E-state index in [2.05, 4.69) is 58.5 Å². The maximum absolute atomic E-state index is 8.95. The number of hydrogen-bond donors (Lipinski definition) is 1. The second-order valence-corrected chi connectivity index (χ2v) is 6.56. The molecule has 1 aliphatic rings. The van der Waals surface area contributed by atoms with Crippen molar-refractivity contribution in [3.05, 3.63) is 71.4 Å². The van der Waals surface area contributed by atoms with E-state index >= 15 is 0 Å². The highest BCUT2D eigenvalue weighted by Crippen LogP contribution is 2.33. The Morgan fingerprint density at radius 2 is 1.79 bits per heavy atom. The van der Waals surface area contributed by atoms with Gasteiger partial charge in [-0.05, 0) is 61.2 Å². The molecule has 2 aromatic carbocycles. The van der Waals surface area contributed by atoms with Crippen molar-refractivity contribution in [1.82, 2.24) is 9.88 Å². The van der Waals surface area contributed by atoms with Crippen LogP contribution in [0.3, 0.4) is 0 Å². The minimum absolute atomic E-state index is 0.651. The van der Waals surface area contributed by atoms with Gasteiger partial charge in [0.25, 0.3) is 0 Å². The molecule has 1 aliphatic heterocycles. The molecule has 1 aromatic heterocycles. The number of nitriles is 1. The van der Waals surface area contributed by atoms with E-state index in [1.165, 1.54) is 34.9 Å².